The fourth-order valence-electron chi connectivity index (χ4n) is 1.70. The minimum atomic E-state index is -3.32. The number of hydrogen-bond acceptors (Lipinski definition) is 5. The molecule has 18 heavy (non-hydrogen) atoms. The Hall–Kier alpha value is -0.660. The Morgan fingerprint density at radius 2 is 2.06 bits per heavy atom. The maximum atomic E-state index is 11.5. The van der Waals surface area contributed by atoms with Gasteiger partial charge in [0.15, 0.2) is 9.84 Å². The van der Waals surface area contributed by atoms with Crippen LogP contribution in [0.1, 0.15) is 19.8 Å². The van der Waals surface area contributed by atoms with Crippen LogP contribution in [0.5, 0.6) is 0 Å². The van der Waals surface area contributed by atoms with Crippen LogP contribution in [0.2, 0.25) is 0 Å². The van der Waals surface area contributed by atoms with Crippen LogP contribution in [0.4, 0.5) is 0 Å². The molecule has 6 nitrogen and oxygen atoms in total. The second kappa shape index (κ2) is 7.06. The number of hydrogen-bond donors (Lipinski definition) is 2. The van der Waals surface area contributed by atoms with Crippen LogP contribution < -0.4 is 10.6 Å². The lowest BCUT2D eigenvalue weighted by Gasteiger charge is -2.23. The van der Waals surface area contributed by atoms with E-state index >= 15 is 0 Å². The van der Waals surface area contributed by atoms with Crippen molar-refractivity contribution in [1.82, 2.24) is 10.6 Å². The maximum Gasteiger partial charge on any atom is 0.238 e. The Balaban J connectivity index is 2.15. The Morgan fingerprint density at radius 3 is 2.61 bits per heavy atom. The van der Waals surface area contributed by atoms with Crippen LogP contribution in [0, 0.1) is 0 Å². The van der Waals surface area contributed by atoms with Crippen molar-refractivity contribution in [1.29, 1.82) is 0 Å². The van der Waals surface area contributed by atoms with Gasteiger partial charge < -0.3 is 15.4 Å². The average Bonchev–Trinajstić information content (AvgIpc) is 2.33. The quantitative estimate of drug-likeness (QED) is 0.628. The molecule has 0 saturated carbocycles. The van der Waals surface area contributed by atoms with Crippen molar-refractivity contribution in [3.63, 3.8) is 0 Å². The summed E-state index contributed by atoms with van der Waals surface area (Å²) in [4.78, 5) is 11.5. The first kappa shape index (κ1) is 15.4. The van der Waals surface area contributed by atoms with Crippen molar-refractivity contribution in [2.75, 3.05) is 32.5 Å². The number of piperidine rings is 1. The lowest BCUT2D eigenvalue weighted by atomic mass is 10.1. The summed E-state index contributed by atoms with van der Waals surface area (Å²) in [6.07, 6.45) is 3.26. The summed E-state index contributed by atoms with van der Waals surface area (Å²) in [7, 11) is -3.32. The van der Waals surface area contributed by atoms with Gasteiger partial charge in [0.05, 0.1) is 12.7 Å². The highest BCUT2D eigenvalue weighted by Crippen LogP contribution is 2.06. The van der Waals surface area contributed by atoms with E-state index in [1.807, 2.05) is 0 Å². The molecule has 0 aromatic rings. The molecular weight excluding hydrogens is 256 g/mol. The zero-order valence-electron chi connectivity index (χ0n) is 10.9. The summed E-state index contributed by atoms with van der Waals surface area (Å²) in [5.74, 6) is -0.466. The van der Waals surface area contributed by atoms with Crippen molar-refractivity contribution in [3.05, 3.63) is 0 Å². The number of amides is 1. The first-order chi connectivity index (χ1) is 8.41. The molecular formula is C11H22N2O4S. The summed E-state index contributed by atoms with van der Waals surface area (Å²) >= 11 is 0. The molecule has 0 spiro atoms. The van der Waals surface area contributed by atoms with Gasteiger partial charge in [0, 0.05) is 12.8 Å². The lowest BCUT2D eigenvalue weighted by Crippen LogP contribution is -2.40. The molecule has 1 heterocycles. The van der Waals surface area contributed by atoms with Crippen LogP contribution in [0.3, 0.4) is 0 Å². The third kappa shape index (κ3) is 5.32. The first-order valence-electron chi connectivity index (χ1n) is 6.20. The summed E-state index contributed by atoms with van der Waals surface area (Å²) in [5, 5.41) is 4.80. The largest absolute Gasteiger partial charge is 0.376 e. The molecule has 0 bridgehead atoms. The van der Waals surface area contributed by atoms with Gasteiger partial charge in [-0.05, 0) is 32.9 Å². The molecule has 0 aliphatic carbocycles. The zero-order chi connectivity index (χ0) is 13.6. The molecule has 1 atom stereocenters. The van der Waals surface area contributed by atoms with Gasteiger partial charge in [0.25, 0.3) is 0 Å². The second-order valence-corrected chi connectivity index (χ2v) is 6.95. The van der Waals surface area contributed by atoms with Gasteiger partial charge in [0.1, 0.15) is 5.25 Å². The number of rotatable bonds is 6. The van der Waals surface area contributed by atoms with E-state index in [0.717, 1.165) is 32.2 Å². The van der Waals surface area contributed by atoms with Gasteiger partial charge in [-0.1, -0.05) is 0 Å². The molecule has 1 fully saturated rings. The van der Waals surface area contributed by atoms with E-state index in [1.165, 1.54) is 6.92 Å². The highest BCUT2D eigenvalue weighted by Gasteiger charge is 2.23. The summed E-state index contributed by atoms with van der Waals surface area (Å²) in [6, 6.07) is 0. The Bertz CT molecular complexity index is 363. The van der Waals surface area contributed by atoms with Crippen molar-refractivity contribution in [2.24, 2.45) is 0 Å². The average molecular weight is 278 g/mol. The van der Waals surface area contributed by atoms with E-state index in [-0.39, 0.29) is 6.10 Å². The van der Waals surface area contributed by atoms with E-state index in [1.54, 1.807) is 0 Å². The van der Waals surface area contributed by atoms with E-state index in [9.17, 15) is 13.2 Å². The highest BCUT2D eigenvalue weighted by molar-refractivity contribution is 7.92. The van der Waals surface area contributed by atoms with E-state index in [2.05, 4.69) is 10.6 Å². The number of carbonyl (C=O) groups is 1. The molecule has 1 aliphatic heterocycles. The SMILES string of the molecule is CC(C(=O)NCCOC1CCNCC1)S(C)(=O)=O. The number of nitrogens with one attached hydrogen (secondary N) is 2. The zero-order valence-corrected chi connectivity index (χ0v) is 11.8. The normalized spacial score (nSPS) is 19.4. The molecule has 1 unspecified atom stereocenters. The molecule has 1 saturated heterocycles. The van der Waals surface area contributed by atoms with Gasteiger partial charge in [-0.3, -0.25) is 4.79 Å². The van der Waals surface area contributed by atoms with Gasteiger partial charge in [-0.2, -0.15) is 0 Å². The smallest absolute Gasteiger partial charge is 0.238 e. The number of carbonyl (C=O) groups excluding carboxylic acids is 1. The van der Waals surface area contributed by atoms with Gasteiger partial charge in [0.2, 0.25) is 5.91 Å². The molecule has 7 heteroatoms. The number of ether oxygens (including phenoxy) is 1. The summed E-state index contributed by atoms with van der Waals surface area (Å²) in [6.45, 7) is 4.08. The predicted octanol–water partition coefficient (Wildman–Crippen LogP) is -0.696. The standard InChI is InChI=1S/C11H22N2O4S/c1-9(18(2,15)16)11(14)13-7-8-17-10-3-5-12-6-4-10/h9-10,12H,3-8H2,1-2H3,(H,13,14). The third-order valence-electron chi connectivity index (χ3n) is 3.05. The molecule has 0 aromatic heterocycles. The van der Waals surface area contributed by atoms with Crippen LogP contribution in [0.25, 0.3) is 0 Å². The Labute approximate surface area is 108 Å². The van der Waals surface area contributed by atoms with Crippen LogP contribution >= 0.6 is 0 Å². The molecule has 1 rings (SSSR count). The van der Waals surface area contributed by atoms with Crippen LogP contribution in [-0.2, 0) is 19.4 Å². The fourth-order valence-corrected chi connectivity index (χ4v) is 2.17. The Kier molecular flexibility index (Phi) is 6.04. The Morgan fingerprint density at radius 1 is 1.44 bits per heavy atom. The number of sulfone groups is 1. The fraction of sp³-hybridized carbons (Fsp3) is 0.909. The summed E-state index contributed by atoms with van der Waals surface area (Å²) < 4.78 is 27.9. The minimum absolute atomic E-state index is 0.246. The molecule has 106 valence electrons. The third-order valence-corrected chi connectivity index (χ3v) is 4.55. The maximum absolute atomic E-state index is 11.5. The lowest BCUT2D eigenvalue weighted by molar-refractivity contribution is -0.120. The minimum Gasteiger partial charge on any atom is -0.376 e. The summed E-state index contributed by atoms with van der Waals surface area (Å²) in [5.41, 5.74) is 0. The van der Waals surface area contributed by atoms with Gasteiger partial charge in [-0.25, -0.2) is 8.42 Å². The van der Waals surface area contributed by atoms with Gasteiger partial charge >= 0.3 is 0 Å². The molecule has 0 radical (unpaired) electrons. The first-order valence-corrected chi connectivity index (χ1v) is 8.15. The second-order valence-electron chi connectivity index (χ2n) is 4.58. The topological polar surface area (TPSA) is 84.5 Å². The van der Waals surface area contributed by atoms with Crippen molar-refractivity contribution >= 4 is 15.7 Å². The molecule has 0 aromatic carbocycles. The van der Waals surface area contributed by atoms with Crippen molar-refractivity contribution in [2.45, 2.75) is 31.1 Å². The van der Waals surface area contributed by atoms with Crippen molar-refractivity contribution in [3.8, 4) is 0 Å². The highest BCUT2D eigenvalue weighted by atomic mass is 32.2. The monoisotopic (exact) mass is 278 g/mol. The van der Waals surface area contributed by atoms with E-state index < -0.39 is 21.0 Å². The van der Waals surface area contributed by atoms with E-state index in [0.29, 0.717) is 13.2 Å². The van der Waals surface area contributed by atoms with E-state index in [4.69, 9.17) is 4.74 Å². The molecule has 1 amide bonds. The van der Waals surface area contributed by atoms with Crippen LogP contribution in [-0.4, -0.2) is 58.2 Å². The molecule has 2 N–H and O–H groups in total. The van der Waals surface area contributed by atoms with Gasteiger partial charge in [-0.15, -0.1) is 0 Å². The van der Waals surface area contributed by atoms with Crippen LogP contribution in [0.15, 0.2) is 0 Å². The van der Waals surface area contributed by atoms with Crippen molar-refractivity contribution < 1.29 is 17.9 Å². The predicted molar refractivity (Wildman–Crippen MR) is 69.2 cm³/mol. The molecule has 1 aliphatic rings.